The molecule has 0 spiro atoms. The maximum atomic E-state index is 10.5. The van der Waals surface area contributed by atoms with E-state index in [1.165, 1.54) is 17.3 Å². The summed E-state index contributed by atoms with van der Waals surface area (Å²) in [6, 6.07) is 6.61. The lowest BCUT2D eigenvalue weighted by atomic mass is 9.88. The zero-order valence-corrected chi connectivity index (χ0v) is 12.7. The standard InChI is InChI=1S/C14H18N6O2/c1-14(2,3)12(21)13(20-9-16-8-17-20)22-11-6-4-10(5-7-11)18-19-15/h4-9,12-13,21H,1-3H3. The molecular weight excluding hydrogens is 284 g/mol. The van der Waals surface area contributed by atoms with E-state index in [4.69, 9.17) is 10.3 Å². The van der Waals surface area contributed by atoms with Crippen LogP contribution < -0.4 is 4.74 Å². The molecule has 2 atom stereocenters. The summed E-state index contributed by atoms with van der Waals surface area (Å²) in [7, 11) is 0. The topological polar surface area (TPSA) is 109 Å². The van der Waals surface area contributed by atoms with Crippen LogP contribution >= 0.6 is 0 Å². The van der Waals surface area contributed by atoms with Gasteiger partial charge < -0.3 is 9.84 Å². The number of benzene rings is 1. The van der Waals surface area contributed by atoms with Gasteiger partial charge in [-0.25, -0.2) is 9.67 Å². The van der Waals surface area contributed by atoms with Crippen LogP contribution in [0, 0.1) is 5.41 Å². The number of hydrogen-bond donors (Lipinski definition) is 1. The lowest BCUT2D eigenvalue weighted by molar-refractivity contribution is -0.0731. The smallest absolute Gasteiger partial charge is 0.219 e. The van der Waals surface area contributed by atoms with Crippen LogP contribution in [0.25, 0.3) is 10.4 Å². The Morgan fingerprint density at radius 3 is 2.50 bits per heavy atom. The highest BCUT2D eigenvalue weighted by atomic mass is 16.5. The van der Waals surface area contributed by atoms with Crippen molar-refractivity contribution < 1.29 is 9.84 Å². The number of aliphatic hydroxyl groups excluding tert-OH is 1. The summed E-state index contributed by atoms with van der Waals surface area (Å²) in [5, 5.41) is 18.1. The molecule has 22 heavy (non-hydrogen) atoms. The van der Waals surface area contributed by atoms with Gasteiger partial charge in [0.25, 0.3) is 0 Å². The minimum Gasteiger partial charge on any atom is -0.466 e. The second-order valence-electron chi connectivity index (χ2n) is 5.88. The molecule has 0 radical (unpaired) electrons. The molecule has 0 aliphatic rings. The van der Waals surface area contributed by atoms with Gasteiger partial charge in [0, 0.05) is 10.6 Å². The van der Waals surface area contributed by atoms with E-state index >= 15 is 0 Å². The number of aliphatic hydroxyl groups is 1. The Morgan fingerprint density at radius 1 is 1.32 bits per heavy atom. The molecule has 0 aliphatic carbocycles. The molecule has 8 nitrogen and oxygen atoms in total. The van der Waals surface area contributed by atoms with E-state index in [0.29, 0.717) is 11.4 Å². The molecule has 1 aromatic heterocycles. The number of nitrogens with zero attached hydrogens (tertiary/aromatic N) is 6. The van der Waals surface area contributed by atoms with Crippen LogP contribution in [0.5, 0.6) is 5.75 Å². The van der Waals surface area contributed by atoms with Gasteiger partial charge in [-0.2, -0.15) is 5.10 Å². The lowest BCUT2D eigenvalue weighted by Gasteiger charge is -2.32. The maximum Gasteiger partial charge on any atom is 0.219 e. The van der Waals surface area contributed by atoms with E-state index in [0.717, 1.165) is 0 Å². The summed E-state index contributed by atoms with van der Waals surface area (Å²) < 4.78 is 7.33. The first-order chi connectivity index (χ1) is 10.4. The second kappa shape index (κ2) is 6.46. The van der Waals surface area contributed by atoms with Crippen LogP contribution in [0.2, 0.25) is 0 Å². The fourth-order valence-electron chi connectivity index (χ4n) is 1.82. The van der Waals surface area contributed by atoms with Crippen molar-refractivity contribution in [3.8, 4) is 5.75 Å². The van der Waals surface area contributed by atoms with Crippen molar-refractivity contribution in [2.45, 2.75) is 33.1 Å². The average Bonchev–Trinajstić information content (AvgIpc) is 2.99. The fourth-order valence-corrected chi connectivity index (χ4v) is 1.82. The highest BCUT2D eigenvalue weighted by Gasteiger charge is 2.34. The summed E-state index contributed by atoms with van der Waals surface area (Å²) >= 11 is 0. The molecule has 0 saturated heterocycles. The molecule has 1 heterocycles. The van der Waals surface area contributed by atoms with Gasteiger partial charge in [0.2, 0.25) is 6.23 Å². The molecule has 1 aromatic carbocycles. The predicted molar refractivity (Wildman–Crippen MR) is 80.4 cm³/mol. The van der Waals surface area contributed by atoms with Crippen LogP contribution in [0.3, 0.4) is 0 Å². The third-order valence-corrected chi connectivity index (χ3v) is 3.11. The van der Waals surface area contributed by atoms with Crippen LogP contribution in [-0.2, 0) is 0 Å². The average molecular weight is 302 g/mol. The minimum atomic E-state index is -0.800. The number of hydrogen-bond acceptors (Lipinski definition) is 5. The Bertz CT molecular complexity index is 641. The molecule has 0 saturated carbocycles. The van der Waals surface area contributed by atoms with E-state index < -0.39 is 17.7 Å². The zero-order chi connectivity index (χ0) is 16.2. The van der Waals surface area contributed by atoms with Crippen LogP contribution in [-0.4, -0.2) is 26.0 Å². The first-order valence-electron chi connectivity index (χ1n) is 6.76. The van der Waals surface area contributed by atoms with Gasteiger partial charge in [-0.1, -0.05) is 25.9 Å². The summed E-state index contributed by atoms with van der Waals surface area (Å²) in [6.45, 7) is 5.74. The van der Waals surface area contributed by atoms with Crippen LogP contribution in [0.4, 0.5) is 5.69 Å². The largest absolute Gasteiger partial charge is 0.466 e. The quantitative estimate of drug-likeness (QED) is 0.519. The van der Waals surface area contributed by atoms with Crippen molar-refractivity contribution in [3.63, 3.8) is 0 Å². The summed E-state index contributed by atoms with van der Waals surface area (Å²) in [5.74, 6) is 0.528. The van der Waals surface area contributed by atoms with E-state index in [-0.39, 0.29) is 0 Å². The molecule has 2 unspecified atom stereocenters. The Labute approximate surface area is 128 Å². The highest BCUT2D eigenvalue weighted by molar-refractivity contribution is 5.41. The molecule has 1 N–H and O–H groups in total. The van der Waals surface area contributed by atoms with Gasteiger partial charge in [0.15, 0.2) is 0 Å². The number of rotatable bonds is 5. The Morgan fingerprint density at radius 2 is 2.00 bits per heavy atom. The fraction of sp³-hybridized carbons (Fsp3) is 0.429. The van der Waals surface area contributed by atoms with Crippen molar-refractivity contribution in [2.24, 2.45) is 10.5 Å². The molecule has 0 fully saturated rings. The lowest BCUT2D eigenvalue weighted by Crippen LogP contribution is -2.38. The molecule has 0 amide bonds. The SMILES string of the molecule is CC(C)(C)C(O)C(Oc1ccc(N=[N+]=[N-])cc1)n1cncn1. The third kappa shape index (κ3) is 3.75. The van der Waals surface area contributed by atoms with Crippen LogP contribution in [0.15, 0.2) is 42.0 Å². The summed E-state index contributed by atoms with van der Waals surface area (Å²) in [4.78, 5) is 6.61. The van der Waals surface area contributed by atoms with Gasteiger partial charge >= 0.3 is 0 Å². The maximum absolute atomic E-state index is 10.5. The monoisotopic (exact) mass is 302 g/mol. The molecule has 8 heteroatoms. The summed E-state index contributed by atoms with van der Waals surface area (Å²) in [6.07, 6.45) is 1.36. The van der Waals surface area contributed by atoms with Crippen molar-refractivity contribution in [1.82, 2.24) is 14.8 Å². The van der Waals surface area contributed by atoms with Crippen molar-refractivity contribution >= 4 is 5.69 Å². The van der Waals surface area contributed by atoms with Gasteiger partial charge in [0.05, 0.1) is 0 Å². The highest BCUT2D eigenvalue weighted by Crippen LogP contribution is 2.30. The van der Waals surface area contributed by atoms with Crippen LogP contribution in [0.1, 0.15) is 27.0 Å². The van der Waals surface area contributed by atoms with Gasteiger partial charge in [-0.15, -0.1) is 0 Å². The number of azide groups is 1. The van der Waals surface area contributed by atoms with Crippen molar-refractivity contribution in [1.29, 1.82) is 0 Å². The normalized spacial score (nSPS) is 14.0. The molecule has 2 aromatic rings. The third-order valence-electron chi connectivity index (χ3n) is 3.11. The van der Waals surface area contributed by atoms with Crippen molar-refractivity contribution in [2.75, 3.05) is 0 Å². The molecule has 116 valence electrons. The van der Waals surface area contributed by atoms with E-state index in [2.05, 4.69) is 20.1 Å². The number of ether oxygens (including phenoxy) is 1. The molecule has 0 bridgehead atoms. The molecule has 2 rings (SSSR count). The Kier molecular flexibility index (Phi) is 4.65. The molecule has 0 aliphatic heterocycles. The minimum absolute atomic E-state index is 0.401. The van der Waals surface area contributed by atoms with Gasteiger partial charge in [-0.3, -0.25) is 0 Å². The zero-order valence-electron chi connectivity index (χ0n) is 12.7. The Balaban J connectivity index is 2.25. The van der Waals surface area contributed by atoms with E-state index in [1.807, 2.05) is 20.8 Å². The molecular formula is C14H18N6O2. The summed E-state index contributed by atoms with van der Waals surface area (Å²) in [5.41, 5.74) is 8.49. The van der Waals surface area contributed by atoms with Gasteiger partial charge in [0.1, 0.15) is 24.5 Å². The van der Waals surface area contributed by atoms with E-state index in [9.17, 15) is 5.11 Å². The predicted octanol–water partition coefficient (Wildman–Crippen LogP) is 3.20. The van der Waals surface area contributed by atoms with E-state index in [1.54, 1.807) is 24.3 Å². The van der Waals surface area contributed by atoms with Gasteiger partial charge in [-0.05, 0) is 35.2 Å². The second-order valence-corrected chi connectivity index (χ2v) is 5.88. The number of aromatic nitrogens is 3. The first-order valence-corrected chi connectivity index (χ1v) is 6.76. The first kappa shape index (κ1) is 15.8. The Hall–Kier alpha value is -2.57. The van der Waals surface area contributed by atoms with Crippen molar-refractivity contribution in [3.05, 3.63) is 47.4 Å².